The smallest absolute Gasteiger partial charge is 0.328 e. The van der Waals surface area contributed by atoms with Crippen molar-refractivity contribution in [1.29, 1.82) is 0 Å². The van der Waals surface area contributed by atoms with E-state index in [-0.39, 0.29) is 5.56 Å². The number of benzene rings is 1. The zero-order valence-corrected chi connectivity index (χ0v) is 9.48. The Morgan fingerprint density at radius 3 is 2.61 bits per heavy atom. The Labute approximate surface area is 102 Å². The first-order valence-corrected chi connectivity index (χ1v) is 5.06. The van der Waals surface area contributed by atoms with Crippen LogP contribution in [0.5, 0.6) is 0 Å². The second-order valence-electron chi connectivity index (χ2n) is 3.57. The molecule has 96 valence electrons. The molecule has 4 nitrogen and oxygen atoms in total. The summed E-state index contributed by atoms with van der Waals surface area (Å²) >= 11 is 0. The molecule has 1 rings (SSSR count). The molecule has 1 unspecified atom stereocenters. The lowest BCUT2D eigenvalue weighted by Crippen LogP contribution is -2.25. The third-order valence-corrected chi connectivity index (χ3v) is 2.16. The van der Waals surface area contributed by atoms with Crippen LogP contribution in [0.3, 0.4) is 0 Å². The van der Waals surface area contributed by atoms with Gasteiger partial charge in [0.15, 0.2) is 0 Å². The number of aliphatic carboxylic acids is 1. The maximum atomic E-state index is 13.4. The minimum absolute atomic E-state index is 0.00734. The van der Waals surface area contributed by atoms with E-state index in [1.165, 1.54) is 6.92 Å². The van der Waals surface area contributed by atoms with Crippen LogP contribution in [-0.2, 0) is 9.59 Å². The number of amides is 1. The number of carbonyl (C=O) groups is 2. The van der Waals surface area contributed by atoms with Gasteiger partial charge in [-0.3, -0.25) is 4.79 Å². The Morgan fingerprint density at radius 2 is 2.00 bits per heavy atom. The van der Waals surface area contributed by atoms with Gasteiger partial charge in [0.2, 0.25) is 5.91 Å². The predicted molar refractivity (Wildman–Crippen MR) is 59.7 cm³/mol. The fraction of sp³-hybridized carbons (Fsp3) is 0.167. The number of halogens is 2. The van der Waals surface area contributed by atoms with Crippen molar-refractivity contribution in [3.63, 3.8) is 0 Å². The number of hydrogen-bond donors (Lipinski definition) is 2. The maximum Gasteiger partial charge on any atom is 0.328 e. The van der Waals surface area contributed by atoms with Crippen molar-refractivity contribution < 1.29 is 23.5 Å². The molecule has 1 atom stereocenters. The van der Waals surface area contributed by atoms with Gasteiger partial charge >= 0.3 is 5.97 Å². The SMILES string of the molecule is CC(NC(=O)/C=C/C(=O)O)c1cc(F)ccc1F. The van der Waals surface area contributed by atoms with E-state index in [0.717, 1.165) is 24.3 Å². The van der Waals surface area contributed by atoms with E-state index >= 15 is 0 Å². The molecule has 0 bridgehead atoms. The van der Waals surface area contributed by atoms with Crippen LogP contribution in [0.2, 0.25) is 0 Å². The van der Waals surface area contributed by atoms with Crippen LogP contribution in [0.4, 0.5) is 8.78 Å². The Kier molecular flexibility index (Phi) is 4.53. The molecule has 0 fully saturated rings. The molecule has 0 aliphatic rings. The van der Waals surface area contributed by atoms with E-state index in [1.54, 1.807) is 0 Å². The second kappa shape index (κ2) is 5.90. The third kappa shape index (κ3) is 3.97. The van der Waals surface area contributed by atoms with Gasteiger partial charge in [0.05, 0.1) is 6.04 Å². The first-order chi connectivity index (χ1) is 8.40. The minimum Gasteiger partial charge on any atom is -0.478 e. The Morgan fingerprint density at radius 1 is 1.33 bits per heavy atom. The van der Waals surface area contributed by atoms with Gasteiger partial charge in [-0.15, -0.1) is 0 Å². The average molecular weight is 255 g/mol. The zero-order valence-electron chi connectivity index (χ0n) is 9.48. The number of carbonyl (C=O) groups excluding carboxylic acids is 1. The summed E-state index contributed by atoms with van der Waals surface area (Å²) in [5, 5.41) is 10.6. The average Bonchev–Trinajstić information content (AvgIpc) is 2.29. The Hall–Kier alpha value is -2.24. The molecule has 0 aromatic heterocycles. The highest BCUT2D eigenvalue weighted by Crippen LogP contribution is 2.17. The van der Waals surface area contributed by atoms with Gasteiger partial charge in [-0.2, -0.15) is 0 Å². The van der Waals surface area contributed by atoms with Gasteiger partial charge in [0.25, 0.3) is 0 Å². The molecule has 0 saturated carbocycles. The van der Waals surface area contributed by atoms with Gasteiger partial charge < -0.3 is 10.4 Å². The van der Waals surface area contributed by atoms with Crippen molar-refractivity contribution in [3.8, 4) is 0 Å². The highest BCUT2D eigenvalue weighted by atomic mass is 19.1. The van der Waals surface area contributed by atoms with E-state index < -0.39 is 29.6 Å². The summed E-state index contributed by atoms with van der Waals surface area (Å²) in [4.78, 5) is 21.4. The van der Waals surface area contributed by atoms with E-state index in [0.29, 0.717) is 6.08 Å². The number of nitrogens with one attached hydrogen (secondary N) is 1. The van der Waals surface area contributed by atoms with Crippen LogP contribution in [0.15, 0.2) is 30.4 Å². The summed E-state index contributed by atoms with van der Waals surface area (Å²) in [6.07, 6.45) is 1.46. The van der Waals surface area contributed by atoms with Gasteiger partial charge in [-0.1, -0.05) is 0 Å². The highest BCUT2D eigenvalue weighted by Gasteiger charge is 2.13. The van der Waals surface area contributed by atoms with Crippen molar-refractivity contribution in [2.45, 2.75) is 13.0 Å². The topological polar surface area (TPSA) is 66.4 Å². The van der Waals surface area contributed by atoms with E-state index in [2.05, 4.69) is 5.32 Å². The second-order valence-corrected chi connectivity index (χ2v) is 3.57. The fourth-order valence-electron chi connectivity index (χ4n) is 1.33. The number of carboxylic acids is 1. The van der Waals surface area contributed by atoms with Gasteiger partial charge in [-0.05, 0) is 25.1 Å². The van der Waals surface area contributed by atoms with Crippen molar-refractivity contribution in [1.82, 2.24) is 5.32 Å². The fourth-order valence-corrected chi connectivity index (χ4v) is 1.33. The lowest BCUT2D eigenvalue weighted by atomic mass is 10.1. The van der Waals surface area contributed by atoms with Gasteiger partial charge in [0, 0.05) is 17.7 Å². The third-order valence-electron chi connectivity index (χ3n) is 2.16. The molecule has 2 N–H and O–H groups in total. The largest absolute Gasteiger partial charge is 0.478 e. The molecule has 0 aliphatic heterocycles. The van der Waals surface area contributed by atoms with E-state index in [9.17, 15) is 18.4 Å². The van der Waals surface area contributed by atoms with Crippen molar-refractivity contribution >= 4 is 11.9 Å². The normalized spacial score (nSPS) is 12.4. The van der Waals surface area contributed by atoms with E-state index in [4.69, 9.17) is 5.11 Å². The highest BCUT2D eigenvalue weighted by molar-refractivity contribution is 5.94. The summed E-state index contributed by atoms with van der Waals surface area (Å²) in [6, 6.07) is 2.13. The number of carboxylic acid groups (broad SMARTS) is 1. The van der Waals surface area contributed by atoms with Crippen LogP contribution in [0, 0.1) is 11.6 Å². The zero-order chi connectivity index (χ0) is 13.7. The van der Waals surface area contributed by atoms with Crippen LogP contribution in [0.25, 0.3) is 0 Å². The lowest BCUT2D eigenvalue weighted by molar-refractivity contribution is -0.131. The number of rotatable bonds is 4. The lowest BCUT2D eigenvalue weighted by Gasteiger charge is -2.13. The summed E-state index contributed by atoms with van der Waals surface area (Å²) < 4.78 is 26.3. The molecule has 0 heterocycles. The molecule has 0 radical (unpaired) electrons. The summed E-state index contributed by atoms with van der Waals surface area (Å²) in [6.45, 7) is 1.46. The van der Waals surface area contributed by atoms with Crippen LogP contribution in [-0.4, -0.2) is 17.0 Å². The molecule has 6 heteroatoms. The summed E-state index contributed by atoms with van der Waals surface area (Å²) in [5.74, 6) is -3.23. The Balaban J connectivity index is 2.76. The molecular weight excluding hydrogens is 244 g/mol. The minimum atomic E-state index is -1.27. The van der Waals surface area contributed by atoms with E-state index in [1.807, 2.05) is 0 Å². The summed E-state index contributed by atoms with van der Waals surface area (Å²) in [7, 11) is 0. The standard InChI is InChI=1S/C12H11F2NO3/c1-7(15-11(16)4-5-12(17)18)9-6-8(13)2-3-10(9)14/h2-7H,1H3,(H,15,16)(H,17,18)/b5-4+. The monoisotopic (exact) mass is 255 g/mol. The van der Waals surface area contributed by atoms with Gasteiger partial charge in [0.1, 0.15) is 11.6 Å². The van der Waals surface area contributed by atoms with Crippen LogP contribution >= 0.6 is 0 Å². The summed E-state index contributed by atoms with van der Waals surface area (Å²) in [5.41, 5.74) is -0.00734. The molecule has 1 aromatic carbocycles. The van der Waals surface area contributed by atoms with Crippen molar-refractivity contribution in [3.05, 3.63) is 47.5 Å². The first kappa shape index (κ1) is 13.8. The predicted octanol–water partition coefficient (Wildman–Crippen LogP) is 1.78. The maximum absolute atomic E-state index is 13.4. The molecule has 0 spiro atoms. The first-order valence-electron chi connectivity index (χ1n) is 5.06. The quantitative estimate of drug-likeness (QED) is 0.806. The molecule has 1 amide bonds. The van der Waals surface area contributed by atoms with Gasteiger partial charge in [-0.25, -0.2) is 13.6 Å². The molecular formula is C12H11F2NO3. The molecule has 0 saturated heterocycles. The van der Waals surface area contributed by atoms with Crippen molar-refractivity contribution in [2.75, 3.05) is 0 Å². The molecule has 1 aromatic rings. The Bertz CT molecular complexity index is 500. The number of hydrogen-bond acceptors (Lipinski definition) is 2. The molecule has 0 aliphatic carbocycles. The van der Waals surface area contributed by atoms with Crippen LogP contribution < -0.4 is 5.32 Å². The molecule has 18 heavy (non-hydrogen) atoms. The van der Waals surface area contributed by atoms with Crippen molar-refractivity contribution in [2.24, 2.45) is 0 Å². The van der Waals surface area contributed by atoms with Crippen LogP contribution in [0.1, 0.15) is 18.5 Å².